The molecule has 5 heteroatoms. The van der Waals surface area contributed by atoms with Gasteiger partial charge in [0, 0.05) is 10.9 Å². The molecule has 2 atom stereocenters. The number of thiazole rings is 1. The fourth-order valence-electron chi connectivity index (χ4n) is 2.73. The Balaban J connectivity index is 1.48. The van der Waals surface area contributed by atoms with E-state index >= 15 is 0 Å². The molecule has 1 fully saturated rings. The topological polar surface area (TPSA) is 42.0 Å². The van der Waals surface area contributed by atoms with E-state index in [4.69, 9.17) is 11.6 Å². The quantitative estimate of drug-likeness (QED) is 0.757. The van der Waals surface area contributed by atoms with Gasteiger partial charge in [-0.1, -0.05) is 53.3 Å². The fraction of sp³-hybridized carbons (Fsp3) is 0.176. The van der Waals surface area contributed by atoms with E-state index in [1.807, 2.05) is 48.5 Å². The summed E-state index contributed by atoms with van der Waals surface area (Å²) in [5.74, 6) is 0.249. The summed E-state index contributed by atoms with van der Waals surface area (Å²) in [6, 6.07) is 15.6. The van der Waals surface area contributed by atoms with Gasteiger partial charge in [-0.05, 0) is 36.1 Å². The molecule has 1 aliphatic rings. The number of para-hydroxylation sites is 1. The highest BCUT2D eigenvalue weighted by Gasteiger charge is 2.45. The second-order valence-electron chi connectivity index (χ2n) is 5.45. The number of nitrogens with one attached hydrogen (secondary N) is 1. The van der Waals surface area contributed by atoms with Crippen LogP contribution in [0.3, 0.4) is 0 Å². The van der Waals surface area contributed by atoms with Crippen LogP contribution in [0.2, 0.25) is 5.02 Å². The molecule has 0 saturated heterocycles. The first-order valence-corrected chi connectivity index (χ1v) is 8.32. The molecular formula is C17H13ClN2OS. The normalized spacial score (nSPS) is 20.0. The lowest BCUT2D eigenvalue weighted by Crippen LogP contribution is -2.14. The number of carbonyl (C=O) groups is 1. The summed E-state index contributed by atoms with van der Waals surface area (Å²) >= 11 is 7.70. The molecular weight excluding hydrogens is 316 g/mol. The Hall–Kier alpha value is -1.91. The molecule has 22 heavy (non-hydrogen) atoms. The number of aromatic nitrogens is 1. The second-order valence-corrected chi connectivity index (χ2v) is 6.88. The maximum atomic E-state index is 12.4. The molecule has 2 aromatic carbocycles. The van der Waals surface area contributed by atoms with E-state index < -0.39 is 0 Å². The van der Waals surface area contributed by atoms with Crippen molar-refractivity contribution in [2.75, 3.05) is 5.32 Å². The van der Waals surface area contributed by atoms with Crippen molar-refractivity contribution in [2.45, 2.75) is 12.3 Å². The molecule has 2 unspecified atom stereocenters. The number of hydrogen-bond acceptors (Lipinski definition) is 3. The predicted molar refractivity (Wildman–Crippen MR) is 90.5 cm³/mol. The van der Waals surface area contributed by atoms with Gasteiger partial charge < -0.3 is 5.32 Å². The van der Waals surface area contributed by atoms with E-state index in [-0.39, 0.29) is 17.7 Å². The molecule has 1 N–H and O–H groups in total. The summed E-state index contributed by atoms with van der Waals surface area (Å²) in [6.07, 6.45) is 0.848. The van der Waals surface area contributed by atoms with Crippen molar-refractivity contribution in [2.24, 2.45) is 5.92 Å². The van der Waals surface area contributed by atoms with Crippen molar-refractivity contribution in [1.29, 1.82) is 0 Å². The van der Waals surface area contributed by atoms with Gasteiger partial charge in [-0.3, -0.25) is 4.79 Å². The molecule has 1 saturated carbocycles. The number of hydrogen-bond donors (Lipinski definition) is 1. The van der Waals surface area contributed by atoms with E-state index in [9.17, 15) is 4.79 Å². The van der Waals surface area contributed by atoms with E-state index in [0.29, 0.717) is 5.13 Å². The summed E-state index contributed by atoms with van der Waals surface area (Å²) in [5, 5.41) is 4.34. The van der Waals surface area contributed by atoms with Crippen molar-refractivity contribution in [3.63, 3.8) is 0 Å². The fourth-order valence-corrected chi connectivity index (χ4v) is 3.87. The molecule has 0 radical (unpaired) electrons. The van der Waals surface area contributed by atoms with Gasteiger partial charge in [0.25, 0.3) is 0 Å². The third-order valence-electron chi connectivity index (χ3n) is 3.96. The molecule has 3 nitrogen and oxygen atoms in total. The van der Waals surface area contributed by atoms with Crippen molar-refractivity contribution in [3.05, 3.63) is 59.1 Å². The zero-order valence-electron chi connectivity index (χ0n) is 11.6. The Morgan fingerprint density at radius 2 is 1.95 bits per heavy atom. The average molecular weight is 329 g/mol. The minimum Gasteiger partial charge on any atom is -0.302 e. The van der Waals surface area contributed by atoms with Crippen LogP contribution in [0.1, 0.15) is 17.9 Å². The van der Waals surface area contributed by atoms with Crippen LogP contribution in [-0.2, 0) is 4.79 Å². The van der Waals surface area contributed by atoms with Crippen molar-refractivity contribution in [3.8, 4) is 0 Å². The highest BCUT2D eigenvalue weighted by Crippen LogP contribution is 2.50. The van der Waals surface area contributed by atoms with Crippen LogP contribution in [-0.4, -0.2) is 10.9 Å². The Morgan fingerprint density at radius 3 is 2.77 bits per heavy atom. The number of rotatable bonds is 3. The number of amides is 1. The molecule has 0 spiro atoms. The molecule has 4 rings (SSSR count). The molecule has 1 heterocycles. The lowest BCUT2D eigenvalue weighted by Gasteiger charge is -2.03. The summed E-state index contributed by atoms with van der Waals surface area (Å²) in [5.41, 5.74) is 1.98. The molecule has 1 aliphatic carbocycles. The van der Waals surface area contributed by atoms with Crippen LogP contribution in [0.25, 0.3) is 10.2 Å². The zero-order chi connectivity index (χ0) is 15.1. The molecule has 110 valence electrons. The number of fused-ring (bicyclic) bond motifs is 1. The van der Waals surface area contributed by atoms with E-state index in [0.717, 1.165) is 27.2 Å². The van der Waals surface area contributed by atoms with Crippen LogP contribution in [0.5, 0.6) is 0 Å². The zero-order valence-corrected chi connectivity index (χ0v) is 13.2. The van der Waals surface area contributed by atoms with Gasteiger partial charge in [-0.15, -0.1) is 0 Å². The first-order chi connectivity index (χ1) is 10.7. The van der Waals surface area contributed by atoms with Crippen LogP contribution in [0, 0.1) is 5.92 Å². The number of nitrogens with zero attached hydrogens (tertiary/aromatic N) is 1. The second kappa shape index (κ2) is 5.38. The van der Waals surface area contributed by atoms with Gasteiger partial charge in [-0.2, -0.15) is 0 Å². The van der Waals surface area contributed by atoms with Crippen LogP contribution in [0.4, 0.5) is 5.13 Å². The largest absolute Gasteiger partial charge is 0.302 e. The lowest BCUT2D eigenvalue weighted by molar-refractivity contribution is -0.117. The van der Waals surface area contributed by atoms with Gasteiger partial charge in [-0.25, -0.2) is 4.98 Å². The average Bonchev–Trinajstić information content (AvgIpc) is 3.20. The summed E-state index contributed by atoms with van der Waals surface area (Å²) < 4.78 is 1.08. The van der Waals surface area contributed by atoms with Crippen molar-refractivity contribution in [1.82, 2.24) is 4.98 Å². The van der Waals surface area contributed by atoms with E-state index in [1.165, 1.54) is 11.3 Å². The van der Waals surface area contributed by atoms with Crippen LogP contribution < -0.4 is 5.32 Å². The summed E-state index contributed by atoms with van der Waals surface area (Å²) in [6.45, 7) is 0. The maximum absolute atomic E-state index is 12.4. The molecule has 0 bridgehead atoms. The number of carbonyl (C=O) groups excluding carboxylic acids is 1. The van der Waals surface area contributed by atoms with Gasteiger partial charge >= 0.3 is 0 Å². The minimum atomic E-state index is -0.00749. The summed E-state index contributed by atoms with van der Waals surface area (Å²) in [4.78, 5) is 16.8. The van der Waals surface area contributed by atoms with Crippen molar-refractivity contribution >= 4 is 44.2 Å². The Kier molecular flexibility index (Phi) is 3.36. The summed E-state index contributed by atoms with van der Waals surface area (Å²) in [7, 11) is 0. The maximum Gasteiger partial charge on any atom is 0.229 e. The van der Waals surface area contributed by atoms with Gasteiger partial charge in [0.05, 0.1) is 10.2 Å². The Bertz CT molecular complexity index is 827. The standard InChI is InChI=1S/C17H13ClN2OS/c18-13-6-2-1-5-10(13)11-9-12(11)16(21)20-17-19-14-7-3-4-8-15(14)22-17/h1-8,11-12H,9H2,(H,19,20,21). The van der Waals surface area contributed by atoms with E-state index in [1.54, 1.807) is 0 Å². The van der Waals surface area contributed by atoms with Crippen LogP contribution >= 0.6 is 22.9 Å². The third-order valence-corrected chi connectivity index (χ3v) is 5.25. The Morgan fingerprint density at radius 1 is 1.18 bits per heavy atom. The predicted octanol–water partition coefficient (Wildman–Crippen LogP) is 4.69. The molecule has 3 aromatic rings. The first-order valence-electron chi connectivity index (χ1n) is 7.13. The molecule has 0 aliphatic heterocycles. The van der Waals surface area contributed by atoms with E-state index in [2.05, 4.69) is 10.3 Å². The van der Waals surface area contributed by atoms with Crippen LogP contribution in [0.15, 0.2) is 48.5 Å². The van der Waals surface area contributed by atoms with Gasteiger partial charge in [0.1, 0.15) is 0 Å². The third kappa shape index (κ3) is 2.49. The highest BCUT2D eigenvalue weighted by molar-refractivity contribution is 7.22. The number of anilines is 1. The SMILES string of the molecule is O=C(Nc1nc2ccccc2s1)C1CC1c1ccccc1Cl. The molecule has 1 amide bonds. The monoisotopic (exact) mass is 328 g/mol. The smallest absolute Gasteiger partial charge is 0.229 e. The molecule has 1 aromatic heterocycles. The van der Waals surface area contributed by atoms with Gasteiger partial charge in [0.15, 0.2) is 5.13 Å². The minimum absolute atomic E-state index is 0.00749. The number of halogens is 1. The van der Waals surface area contributed by atoms with Gasteiger partial charge in [0.2, 0.25) is 5.91 Å². The first kappa shape index (κ1) is 13.7. The lowest BCUT2D eigenvalue weighted by atomic mass is 10.1. The Labute approximate surface area is 136 Å². The number of benzene rings is 2. The van der Waals surface area contributed by atoms with Crippen molar-refractivity contribution < 1.29 is 4.79 Å². The highest BCUT2D eigenvalue weighted by atomic mass is 35.5.